The first kappa shape index (κ1) is 12.8. The van der Waals surface area contributed by atoms with Gasteiger partial charge in [-0.25, -0.2) is 0 Å². The summed E-state index contributed by atoms with van der Waals surface area (Å²) in [6.45, 7) is 0. The molecule has 0 aliphatic rings. The molecule has 0 amide bonds. The minimum atomic E-state index is 0.280. The summed E-state index contributed by atoms with van der Waals surface area (Å²) < 4.78 is 0. The van der Waals surface area contributed by atoms with Crippen LogP contribution in [0.5, 0.6) is 5.75 Å². The van der Waals surface area contributed by atoms with Crippen molar-refractivity contribution in [3.8, 4) is 28.0 Å². The Balaban J connectivity index is 2.01. The Hall–Kier alpha value is -2.25. The highest BCUT2D eigenvalue weighted by Crippen LogP contribution is 2.28. The molecule has 0 radical (unpaired) electrons. The molecule has 0 spiro atoms. The van der Waals surface area contributed by atoms with E-state index in [1.165, 1.54) is 0 Å². The van der Waals surface area contributed by atoms with Gasteiger partial charge in [-0.1, -0.05) is 54.1 Å². The number of hydrogen-bond donors (Lipinski definition) is 1. The van der Waals surface area contributed by atoms with Gasteiger partial charge in [-0.05, 0) is 52.6 Å². The third-order valence-corrected chi connectivity index (χ3v) is 3.49. The highest BCUT2D eigenvalue weighted by atomic mass is 35.5. The first-order valence-electron chi connectivity index (χ1n) is 6.38. The SMILES string of the molecule is Oc1ccc(-c2cccc(-c3ccc(Cl)cc3)c2)cc1. The first-order valence-corrected chi connectivity index (χ1v) is 6.75. The molecule has 0 aliphatic heterocycles. The Bertz CT molecular complexity index is 654. The van der Waals surface area contributed by atoms with Gasteiger partial charge in [-0.15, -0.1) is 0 Å². The molecule has 0 heterocycles. The Morgan fingerprint density at radius 1 is 0.600 bits per heavy atom. The van der Waals surface area contributed by atoms with Crippen LogP contribution in [0.25, 0.3) is 22.3 Å². The molecule has 0 saturated heterocycles. The van der Waals surface area contributed by atoms with Crippen molar-refractivity contribution in [1.29, 1.82) is 0 Å². The van der Waals surface area contributed by atoms with E-state index in [4.69, 9.17) is 11.6 Å². The molecule has 1 N–H and O–H groups in total. The van der Waals surface area contributed by atoms with Crippen LogP contribution in [0.15, 0.2) is 72.8 Å². The number of rotatable bonds is 2. The third-order valence-electron chi connectivity index (χ3n) is 3.24. The first-order chi connectivity index (χ1) is 9.72. The van der Waals surface area contributed by atoms with E-state index in [1.807, 2.05) is 42.5 Å². The fourth-order valence-corrected chi connectivity index (χ4v) is 2.30. The Morgan fingerprint density at radius 2 is 1.10 bits per heavy atom. The molecular weight excluding hydrogens is 268 g/mol. The average molecular weight is 281 g/mol. The zero-order valence-electron chi connectivity index (χ0n) is 10.8. The van der Waals surface area contributed by atoms with Crippen LogP contribution >= 0.6 is 11.6 Å². The Labute approximate surface area is 123 Å². The third kappa shape index (κ3) is 2.68. The van der Waals surface area contributed by atoms with Gasteiger partial charge >= 0.3 is 0 Å². The van der Waals surface area contributed by atoms with E-state index in [-0.39, 0.29) is 5.75 Å². The minimum absolute atomic E-state index is 0.280. The Kier molecular flexibility index (Phi) is 3.44. The predicted molar refractivity (Wildman–Crippen MR) is 84.0 cm³/mol. The van der Waals surface area contributed by atoms with E-state index in [1.54, 1.807) is 12.1 Å². The normalized spacial score (nSPS) is 10.4. The molecule has 1 nitrogen and oxygen atoms in total. The molecule has 0 aliphatic carbocycles. The van der Waals surface area contributed by atoms with Crippen molar-refractivity contribution in [1.82, 2.24) is 0 Å². The molecule has 0 saturated carbocycles. The fraction of sp³-hybridized carbons (Fsp3) is 0. The van der Waals surface area contributed by atoms with Crippen LogP contribution in [0.4, 0.5) is 0 Å². The van der Waals surface area contributed by atoms with E-state index < -0.39 is 0 Å². The lowest BCUT2D eigenvalue weighted by Gasteiger charge is -2.06. The topological polar surface area (TPSA) is 20.2 Å². The lowest BCUT2D eigenvalue weighted by molar-refractivity contribution is 0.475. The molecule has 20 heavy (non-hydrogen) atoms. The zero-order valence-corrected chi connectivity index (χ0v) is 11.5. The molecule has 98 valence electrons. The summed E-state index contributed by atoms with van der Waals surface area (Å²) in [6, 6.07) is 23.3. The summed E-state index contributed by atoms with van der Waals surface area (Å²) in [5.41, 5.74) is 4.48. The van der Waals surface area contributed by atoms with Gasteiger partial charge in [0.25, 0.3) is 0 Å². The predicted octanol–water partition coefficient (Wildman–Crippen LogP) is 5.38. The number of phenolic OH excluding ortho intramolecular Hbond substituents is 1. The van der Waals surface area contributed by atoms with Gasteiger partial charge in [0.1, 0.15) is 5.75 Å². The highest BCUT2D eigenvalue weighted by molar-refractivity contribution is 6.30. The van der Waals surface area contributed by atoms with Crippen LogP contribution in [0, 0.1) is 0 Å². The maximum absolute atomic E-state index is 9.35. The van der Waals surface area contributed by atoms with E-state index in [0.29, 0.717) is 0 Å². The van der Waals surface area contributed by atoms with E-state index in [2.05, 4.69) is 18.2 Å². The van der Waals surface area contributed by atoms with Gasteiger partial charge < -0.3 is 5.11 Å². The van der Waals surface area contributed by atoms with Crippen molar-refractivity contribution < 1.29 is 5.11 Å². The van der Waals surface area contributed by atoms with Crippen LogP contribution in [-0.4, -0.2) is 5.11 Å². The summed E-state index contributed by atoms with van der Waals surface area (Å²) >= 11 is 5.92. The second-order valence-corrected chi connectivity index (χ2v) is 5.07. The van der Waals surface area contributed by atoms with Crippen molar-refractivity contribution in [3.05, 3.63) is 77.8 Å². The van der Waals surface area contributed by atoms with Gasteiger partial charge in [-0.3, -0.25) is 0 Å². The number of hydrogen-bond acceptors (Lipinski definition) is 1. The molecular formula is C18H13ClO. The van der Waals surface area contributed by atoms with Crippen LogP contribution in [-0.2, 0) is 0 Å². The summed E-state index contributed by atoms with van der Waals surface area (Å²) in [5.74, 6) is 0.280. The standard InChI is InChI=1S/C18H13ClO/c19-17-8-4-13(5-9-17)15-2-1-3-16(12-15)14-6-10-18(20)11-7-14/h1-12,20H. The number of aromatic hydroxyl groups is 1. The lowest BCUT2D eigenvalue weighted by Crippen LogP contribution is -1.81. The summed E-state index contributed by atoms with van der Waals surface area (Å²) in [4.78, 5) is 0. The second-order valence-electron chi connectivity index (χ2n) is 4.63. The monoisotopic (exact) mass is 280 g/mol. The Morgan fingerprint density at radius 3 is 1.65 bits per heavy atom. The van der Waals surface area contributed by atoms with E-state index in [0.717, 1.165) is 27.3 Å². The second kappa shape index (κ2) is 5.40. The molecule has 3 aromatic carbocycles. The van der Waals surface area contributed by atoms with E-state index >= 15 is 0 Å². The number of benzene rings is 3. The molecule has 2 heteroatoms. The molecule has 0 fully saturated rings. The van der Waals surface area contributed by atoms with Gasteiger partial charge in [0.2, 0.25) is 0 Å². The van der Waals surface area contributed by atoms with Crippen molar-refractivity contribution in [3.63, 3.8) is 0 Å². The van der Waals surface area contributed by atoms with Crippen molar-refractivity contribution in [2.75, 3.05) is 0 Å². The highest BCUT2D eigenvalue weighted by Gasteiger charge is 2.02. The summed E-state index contributed by atoms with van der Waals surface area (Å²) in [6.07, 6.45) is 0. The van der Waals surface area contributed by atoms with Crippen LogP contribution in [0.3, 0.4) is 0 Å². The number of halogens is 1. The van der Waals surface area contributed by atoms with Crippen LogP contribution in [0.2, 0.25) is 5.02 Å². The van der Waals surface area contributed by atoms with Crippen LogP contribution < -0.4 is 0 Å². The maximum atomic E-state index is 9.35. The van der Waals surface area contributed by atoms with Gasteiger partial charge in [0.05, 0.1) is 0 Å². The smallest absolute Gasteiger partial charge is 0.115 e. The molecule has 0 aromatic heterocycles. The summed E-state index contributed by atoms with van der Waals surface area (Å²) in [7, 11) is 0. The van der Waals surface area contributed by atoms with Gasteiger partial charge in [0.15, 0.2) is 0 Å². The zero-order chi connectivity index (χ0) is 13.9. The van der Waals surface area contributed by atoms with Crippen molar-refractivity contribution in [2.24, 2.45) is 0 Å². The maximum Gasteiger partial charge on any atom is 0.115 e. The van der Waals surface area contributed by atoms with E-state index in [9.17, 15) is 5.11 Å². The van der Waals surface area contributed by atoms with Crippen molar-refractivity contribution >= 4 is 11.6 Å². The quantitative estimate of drug-likeness (QED) is 0.668. The van der Waals surface area contributed by atoms with Crippen LogP contribution in [0.1, 0.15) is 0 Å². The largest absolute Gasteiger partial charge is 0.508 e. The minimum Gasteiger partial charge on any atom is -0.508 e. The summed E-state index contributed by atoms with van der Waals surface area (Å²) in [5, 5.41) is 10.1. The molecule has 0 unspecified atom stereocenters. The molecule has 0 atom stereocenters. The lowest BCUT2D eigenvalue weighted by atomic mass is 9.99. The van der Waals surface area contributed by atoms with Gasteiger partial charge in [0, 0.05) is 5.02 Å². The fourth-order valence-electron chi connectivity index (χ4n) is 2.17. The molecule has 0 bridgehead atoms. The number of phenols is 1. The molecule has 3 rings (SSSR count). The average Bonchev–Trinajstić information content (AvgIpc) is 2.49. The molecule has 3 aromatic rings. The van der Waals surface area contributed by atoms with Gasteiger partial charge in [-0.2, -0.15) is 0 Å². The van der Waals surface area contributed by atoms with Crippen molar-refractivity contribution in [2.45, 2.75) is 0 Å².